The molecule has 4 heteroatoms. The third-order valence-corrected chi connectivity index (χ3v) is 6.46. The zero-order chi connectivity index (χ0) is 26.3. The first-order chi connectivity index (χ1) is 18.1. The van der Waals surface area contributed by atoms with Crippen LogP contribution in [0.3, 0.4) is 0 Å². The number of carbonyl (C=O) groups is 1. The summed E-state index contributed by atoms with van der Waals surface area (Å²) >= 11 is 0. The van der Waals surface area contributed by atoms with Gasteiger partial charge < -0.3 is 9.47 Å². The molecule has 0 fully saturated rings. The van der Waals surface area contributed by atoms with Crippen molar-refractivity contribution in [2.45, 2.75) is 77.7 Å². The number of benzene rings is 2. The second kappa shape index (κ2) is 15.7. The Labute approximate surface area is 222 Å². The predicted molar refractivity (Wildman–Crippen MR) is 155 cm³/mol. The van der Waals surface area contributed by atoms with E-state index in [0.717, 1.165) is 72.9 Å². The summed E-state index contributed by atoms with van der Waals surface area (Å²) in [4.78, 5) is 16.2. The van der Waals surface area contributed by atoms with Gasteiger partial charge in [-0.05, 0) is 56.4 Å². The average Bonchev–Trinajstić information content (AvgIpc) is 2.91. The van der Waals surface area contributed by atoms with E-state index in [0.29, 0.717) is 5.57 Å². The Balaban J connectivity index is 1.36. The summed E-state index contributed by atoms with van der Waals surface area (Å²) < 4.78 is 11.7. The minimum Gasteiger partial charge on any atom is -0.493 e. The molecular weight excluding hydrogens is 458 g/mol. The standard InChI is InChI=1S/C33H41NO3/c1-4-15-29(37-33(35)26(2)3)17-9-7-5-6-8-14-25-36-32-20-13-10-16-28(32)22-21-27-23-24-34-31-19-12-11-18-30(27)31/h10-13,16,18-24,29H,2,4-9,14-15,17,25H2,1,3H3. The van der Waals surface area contributed by atoms with E-state index in [-0.39, 0.29) is 12.1 Å². The molecule has 4 nitrogen and oxygen atoms in total. The highest BCUT2D eigenvalue weighted by Crippen LogP contribution is 2.24. The molecule has 0 spiro atoms. The van der Waals surface area contributed by atoms with Crippen LogP contribution in [0.4, 0.5) is 0 Å². The van der Waals surface area contributed by atoms with Gasteiger partial charge in [0.1, 0.15) is 11.9 Å². The van der Waals surface area contributed by atoms with Gasteiger partial charge in [0, 0.05) is 22.7 Å². The molecule has 0 aliphatic rings. The monoisotopic (exact) mass is 499 g/mol. The molecule has 2 aromatic carbocycles. The largest absolute Gasteiger partial charge is 0.493 e. The zero-order valence-corrected chi connectivity index (χ0v) is 22.5. The molecule has 0 saturated carbocycles. The number of unbranched alkanes of at least 4 members (excludes halogenated alkanes) is 5. The number of pyridine rings is 1. The number of rotatable bonds is 16. The molecule has 0 aliphatic heterocycles. The van der Waals surface area contributed by atoms with Gasteiger partial charge in [0.05, 0.1) is 12.1 Å². The number of esters is 1. The minimum absolute atomic E-state index is 0.0222. The summed E-state index contributed by atoms with van der Waals surface area (Å²) in [5.74, 6) is 0.657. The van der Waals surface area contributed by atoms with Crippen LogP contribution >= 0.6 is 0 Å². The van der Waals surface area contributed by atoms with Gasteiger partial charge in [-0.15, -0.1) is 0 Å². The lowest BCUT2D eigenvalue weighted by Gasteiger charge is -2.17. The molecular formula is C33H41NO3. The van der Waals surface area contributed by atoms with E-state index in [1.54, 1.807) is 6.92 Å². The minimum atomic E-state index is -0.263. The van der Waals surface area contributed by atoms with Crippen LogP contribution in [0.2, 0.25) is 0 Å². The molecule has 3 aromatic rings. The normalized spacial score (nSPS) is 12.1. The molecule has 196 valence electrons. The molecule has 1 atom stereocenters. The quantitative estimate of drug-likeness (QED) is 0.112. The predicted octanol–water partition coefficient (Wildman–Crippen LogP) is 8.80. The molecule has 0 aliphatic carbocycles. The van der Waals surface area contributed by atoms with Crippen LogP contribution in [0.25, 0.3) is 23.1 Å². The van der Waals surface area contributed by atoms with Gasteiger partial charge in [-0.2, -0.15) is 0 Å². The van der Waals surface area contributed by atoms with E-state index in [1.165, 1.54) is 19.3 Å². The number of ether oxygens (including phenoxy) is 2. The molecule has 1 heterocycles. The van der Waals surface area contributed by atoms with Crippen LogP contribution in [0.15, 0.2) is 72.9 Å². The van der Waals surface area contributed by atoms with Crippen molar-refractivity contribution >= 4 is 29.0 Å². The maximum Gasteiger partial charge on any atom is 0.333 e. The third kappa shape index (κ3) is 9.53. The summed E-state index contributed by atoms with van der Waals surface area (Å²) in [6, 6.07) is 18.4. The first kappa shape index (κ1) is 28.2. The van der Waals surface area contributed by atoms with Crippen LogP contribution in [-0.2, 0) is 9.53 Å². The number of para-hydroxylation sites is 2. The average molecular weight is 500 g/mol. The van der Waals surface area contributed by atoms with Crippen LogP contribution in [-0.4, -0.2) is 23.7 Å². The van der Waals surface area contributed by atoms with Crippen molar-refractivity contribution in [1.29, 1.82) is 0 Å². The number of hydrogen-bond acceptors (Lipinski definition) is 4. The molecule has 0 saturated heterocycles. The molecule has 37 heavy (non-hydrogen) atoms. The zero-order valence-electron chi connectivity index (χ0n) is 22.5. The van der Waals surface area contributed by atoms with Crippen molar-refractivity contribution in [3.05, 3.63) is 84.1 Å². The first-order valence-electron chi connectivity index (χ1n) is 13.7. The van der Waals surface area contributed by atoms with E-state index in [1.807, 2.05) is 48.7 Å². The van der Waals surface area contributed by atoms with Crippen molar-refractivity contribution in [1.82, 2.24) is 4.98 Å². The summed E-state index contributed by atoms with van der Waals surface area (Å²) in [6.45, 7) is 8.23. The number of hydrogen-bond donors (Lipinski definition) is 0. The van der Waals surface area contributed by atoms with Crippen molar-refractivity contribution < 1.29 is 14.3 Å². The molecule has 1 unspecified atom stereocenters. The highest BCUT2D eigenvalue weighted by Gasteiger charge is 2.13. The lowest BCUT2D eigenvalue weighted by atomic mass is 10.0. The molecule has 0 radical (unpaired) electrons. The van der Waals surface area contributed by atoms with Crippen molar-refractivity contribution in [3.63, 3.8) is 0 Å². The number of nitrogens with zero attached hydrogens (tertiary/aromatic N) is 1. The lowest BCUT2D eigenvalue weighted by molar-refractivity contribution is -0.144. The van der Waals surface area contributed by atoms with Gasteiger partial charge >= 0.3 is 5.97 Å². The molecule has 0 bridgehead atoms. The van der Waals surface area contributed by atoms with Gasteiger partial charge in [-0.3, -0.25) is 4.98 Å². The topological polar surface area (TPSA) is 48.4 Å². The van der Waals surface area contributed by atoms with E-state index >= 15 is 0 Å². The Hall–Kier alpha value is -3.40. The van der Waals surface area contributed by atoms with E-state index in [4.69, 9.17) is 9.47 Å². The summed E-state index contributed by atoms with van der Waals surface area (Å²) in [5.41, 5.74) is 3.71. The number of aromatic nitrogens is 1. The van der Waals surface area contributed by atoms with Crippen molar-refractivity contribution in [2.75, 3.05) is 6.61 Å². The Kier molecular flexibility index (Phi) is 11.9. The summed E-state index contributed by atoms with van der Waals surface area (Å²) in [6.07, 6.45) is 15.9. The van der Waals surface area contributed by atoms with Crippen molar-refractivity contribution in [3.8, 4) is 5.75 Å². The van der Waals surface area contributed by atoms with Crippen LogP contribution in [0.5, 0.6) is 5.75 Å². The Morgan fingerprint density at radius 3 is 2.41 bits per heavy atom. The Bertz CT molecular complexity index is 1160. The van der Waals surface area contributed by atoms with E-state index in [9.17, 15) is 4.79 Å². The molecule has 1 aromatic heterocycles. The van der Waals surface area contributed by atoms with Gasteiger partial charge in [-0.1, -0.05) is 94.2 Å². The highest BCUT2D eigenvalue weighted by atomic mass is 16.5. The van der Waals surface area contributed by atoms with E-state index < -0.39 is 0 Å². The second-order valence-electron chi connectivity index (χ2n) is 9.64. The van der Waals surface area contributed by atoms with E-state index in [2.05, 4.69) is 42.8 Å². The van der Waals surface area contributed by atoms with Gasteiger partial charge in [-0.25, -0.2) is 4.79 Å². The third-order valence-electron chi connectivity index (χ3n) is 6.46. The molecule has 3 rings (SSSR count). The molecule has 0 amide bonds. The SMILES string of the molecule is C=C(C)C(=O)OC(CCC)CCCCCCCCOc1ccccc1C=Cc1ccnc2ccccc12. The maximum atomic E-state index is 11.8. The first-order valence-corrected chi connectivity index (χ1v) is 13.7. The fourth-order valence-electron chi connectivity index (χ4n) is 4.39. The fraction of sp³-hybridized carbons (Fsp3) is 0.394. The van der Waals surface area contributed by atoms with Gasteiger partial charge in [0.25, 0.3) is 0 Å². The van der Waals surface area contributed by atoms with Gasteiger partial charge in [0.15, 0.2) is 0 Å². The van der Waals surface area contributed by atoms with Crippen LogP contribution in [0, 0.1) is 0 Å². The van der Waals surface area contributed by atoms with Crippen LogP contribution in [0.1, 0.15) is 82.8 Å². The fourth-order valence-corrected chi connectivity index (χ4v) is 4.39. The summed E-state index contributed by atoms with van der Waals surface area (Å²) in [7, 11) is 0. The summed E-state index contributed by atoms with van der Waals surface area (Å²) in [5, 5.41) is 1.15. The van der Waals surface area contributed by atoms with Crippen LogP contribution < -0.4 is 4.74 Å². The second-order valence-corrected chi connectivity index (χ2v) is 9.64. The maximum absolute atomic E-state index is 11.8. The Morgan fingerprint density at radius 1 is 0.892 bits per heavy atom. The molecule has 0 N–H and O–H groups in total. The number of fused-ring (bicyclic) bond motifs is 1. The highest BCUT2D eigenvalue weighted by molar-refractivity contribution is 5.90. The Morgan fingerprint density at radius 2 is 1.59 bits per heavy atom. The number of carbonyl (C=O) groups excluding carboxylic acids is 1. The van der Waals surface area contributed by atoms with Gasteiger partial charge in [0.2, 0.25) is 0 Å². The van der Waals surface area contributed by atoms with Crippen molar-refractivity contribution in [2.24, 2.45) is 0 Å². The smallest absolute Gasteiger partial charge is 0.333 e. The lowest BCUT2D eigenvalue weighted by Crippen LogP contribution is -2.18.